The van der Waals surface area contributed by atoms with E-state index in [0.717, 1.165) is 12.4 Å². The average molecular weight is 167 g/mol. The highest BCUT2D eigenvalue weighted by Gasteiger charge is 2.35. The molecule has 0 amide bonds. The van der Waals surface area contributed by atoms with E-state index in [2.05, 4.69) is 18.8 Å². The largest absolute Gasteiger partial charge is 0.385 e. The van der Waals surface area contributed by atoms with Crippen molar-refractivity contribution in [3.05, 3.63) is 24.0 Å². The second kappa shape index (κ2) is 2.83. The summed E-state index contributed by atoms with van der Waals surface area (Å²) in [4.78, 5) is 0. The molecule has 1 rings (SSSR count). The summed E-state index contributed by atoms with van der Waals surface area (Å²) in [7, 11) is 0. The summed E-state index contributed by atoms with van der Waals surface area (Å²) in [5.41, 5.74) is 12.6. The molecule has 1 aliphatic rings. The first kappa shape index (κ1) is 9.13. The number of hydrogen-bond donors (Lipinski definition) is 3. The molecule has 3 nitrogen and oxygen atoms in total. The van der Waals surface area contributed by atoms with Gasteiger partial charge in [-0.25, -0.2) is 0 Å². The van der Waals surface area contributed by atoms with Crippen LogP contribution in [-0.2, 0) is 0 Å². The molecule has 2 atom stereocenters. The van der Waals surface area contributed by atoms with Gasteiger partial charge in [-0.3, -0.25) is 0 Å². The topological polar surface area (TPSA) is 64.1 Å². The molecule has 0 radical (unpaired) electrons. The van der Waals surface area contributed by atoms with Crippen LogP contribution in [0.4, 0.5) is 0 Å². The third kappa shape index (κ3) is 1.10. The molecule has 0 spiro atoms. The lowest BCUT2D eigenvalue weighted by Gasteiger charge is -2.39. The predicted octanol–water partition coefficient (Wildman–Crippen LogP) is 0.299. The van der Waals surface area contributed by atoms with Crippen molar-refractivity contribution in [1.29, 1.82) is 0 Å². The fourth-order valence-electron chi connectivity index (χ4n) is 1.34. The molecular weight excluding hydrogens is 150 g/mol. The van der Waals surface area contributed by atoms with Gasteiger partial charge in [-0.15, -0.1) is 6.58 Å². The number of nitrogens with one attached hydrogen (secondary N) is 1. The van der Waals surface area contributed by atoms with Gasteiger partial charge in [-0.2, -0.15) is 0 Å². The minimum atomic E-state index is -0.157. The van der Waals surface area contributed by atoms with Crippen LogP contribution in [0.15, 0.2) is 24.0 Å². The minimum Gasteiger partial charge on any atom is -0.385 e. The fraction of sp³-hybridized carbons (Fsp3) is 0.556. The first-order valence-corrected chi connectivity index (χ1v) is 4.14. The van der Waals surface area contributed by atoms with Crippen LogP contribution >= 0.6 is 0 Å². The second-order valence-corrected chi connectivity index (χ2v) is 3.52. The van der Waals surface area contributed by atoms with Gasteiger partial charge in [0.25, 0.3) is 0 Å². The molecule has 12 heavy (non-hydrogen) atoms. The molecule has 1 aliphatic heterocycles. The lowest BCUT2D eigenvalue weighted by molar-refractivity contribution is 0.386. The van der Waals surface area contributed by atoms with Gasteiger partial charge in [0, 0.05) is 18.0 Å². The van der Waals surface area contributed by atoms with Crippen LogP contribution in [0.1, 0.15) is 13.8 Å². The van der Waals surface area contributed by atoms with Crippen LogP contribution in [-0.4, -0.2) is 12.6 Å². The molecule has 0 aromatic carbocycles. The van der Waals surface area contributed by atoms with Gasteiger partial charge < -0.3 is 16.8 Å². The van der Waals surface area contributed by atoms with E-state index < -0.39 is 0 Å². The van der Waals surface area contributed by atoms with E-state index in [1.165, 1.54) is 5.57 Å². The zero-order valence-corrected chi connectivity index (χ0v) is 7.72. The maximum Gasteiger partial charge on any atom is 0.0981 e. The molecule has 0 saturated heterocycles. The first-order chi connectivity index (χ1) is 5.52. The monoisotopic (exact) mass is 167 g/mol. The van der Waals surface area contributed by atoms with Crippen molar-refractivity contribution in [3.8, 4) is 0 Å². The van der Waals surface area contributed by atoms with Crippen molar-refractivity contribution < 1.29 is 0 Å². The molecule has 0 aromatic heterocycles. The molecule has 0 fully saturated rings. The van der Waals surface area contributed by atoms with E-state index in [1.807, 2.05) is 13.0 Å². The average Bonchev–Trinajstić information content (AvgIpc) is 2.01. The van der Waals surface area contributed by atoms with Crippen LogP contribution in [0.3, 0.4) is 0 Å². The molecule has 1 heterocycles. The minimum absolute atomic E-state index is 0.0469. The molecule has 0 aromatic rings. The molecule has 68 valence electrons. The Labute approximate surface area is 73.5 Å². The van der Waals surface area contributed by atoms with E-state index >= 15 is 0 Å². The summed E-state index contributed by atoms with van der Waals surface area (Å²) >= 11 is 0. The normalized spacial score (nSPS) is 23.6. The molecule has 0 aliphatic carbocycles. The number of hydrogen-bond acceptors (Lipinski definition) is 3. The van der Waals surface area contributed by atoms with Crippen LogP contribution in [0.2, 0.25) is 0 Å². The van der Waals surface area contributed by atoms with E-state index in [1.54, 1.807) is 0 Å². The predicted molar refractivity (Wildman–Crippen MR) is 51.2 cm³/mol. The standard InChI is InChI=1S/C9H17N3/c1-4-9(3,6(2)10)7-5-12-8(7)11/h4,6,12H,1,5,10-11H2,2-3H3/t6-,9?/m1/s1. The zero-order valence-electron chi connectivity index (χ0n) is 7.72. The zero-order chi connectivity index (χ0) is 9.35. The van der Waals surface area contributed by atoms with Crippen molar-refractivity contribution in [1.82, 2.24) is 5.32 Å². The SMILES string of the molecule is C=CC(C)(C1=C(N)NC1)[C@@H](C)N. The highest BCUT2D eigenvalue weighted by Crippen LogP contribution is 2.34. The fourth-order valence-corrected chi connectivity index (χ4v) is 1.34. The van der Waals surface area contributed by atoms with Gasteiger partial charge in [-0.05, 0) is 12.5 Å². The summed E-state index contributed by atoms with van der Waals surface area (Å²) < 4.78 is 0. The quantitative estimate of drug-likeness (QED) is 0.530. The Hall–Kier alpha value is -0.960. The van der Waals surface area contributed by atoms with Crippen LogP contribution < -0.4 is 16.8 Å². The maximum atomic E-state index is 5.87. The van der Waals surface area contributed by atoms with Crippen LogP contribution in [0.5, 0.6) is 0 Å². The van der Waals surface area contributed by atoms with Crippen LogP contribution in [0, 0.1) is 5.41 Å². The Morgan fingerprint density at radius 1 is 1.75 bits per heavy atom. The summed E-state index contributed by atoms with van der Waals surface area (Å²) in [5.74, 6) is 0.759. The van der Waals surface area contributed by atoms with Gasteiger partial charge in [0.2, 0.25) is 0 Å². The van der Waals surface area contributed by atoms with E-state index in [9.17, 15) is 0 Å². The third-order valence-corrected chi connectivity index (χ3v) is 2.80. The molecule has 0 saturated carbocycles. The van der Waals surface area contributed by atoms with Crippen molar-refractivity contribution in [2.45, 2.75) is 19.9 Å². The number of nitrogens with two attached hydrogens (primary N) is 2. The smallest absolute Gasteiger partial charge is 0.0981 e. The Morgan fingerprint density at radius 2 is 2.33 bits per heavy atom. The van der Waals surface area contributed by atoms with Crippen molar-refractivity contribution in [2.75, 3.05) is 6.54 Å². The molecule has 3 heteroatoms. The van der Waals surface area contributed by atoms with Gasteiger partial charge in [-0.1, -0.05) is 13.0 Å². The Bertz CT molecular complexity index is 230. The van der Waals surface area contributed by atoms with E-state index in [4.69, 9.17) is 11.5 Å². The van der Waals surface area contributed by atoms with E-state index in [0.29, 0.717) is 0 Å². The molecule has 5 N–H and O–H groups in total. The Balaban J connectivity index is 2.95. The maximum absolute atomic E-state index is 5.87. The number of rotatable bonds is 3. The summed E-state index contributed by atoms with van der Waals surface area (Å²) in [6.45, 7) is 8.66. The molecule has 1 unspecified atom stereocenters. The van der Waals surface area contributed by atoms with Gasteiger partial charge in [0.1, 0.15) is 0 Å². The molecule has 0 bridgehead atoms. The molecular formula is C9H17N3. The summed E-state index contributed by atoms with van der Waals surface area (Å²) in [5, 5.41) is 3.01. The second-order valence-electron chi connectivity index (χ2n) is 3.52. The van der Waals surface area contributed by atoms with Crippen LogP contribution in [0.25, 0.3) is 0 Å². The van der Waals surface area contributed by atoms with Gasteiger partial charge in [0.15, 0.2) is 0 Å². The van der Waals surface area contributed by atoms with Crippen molar-refractivity contribution in [2.24, 2.45) is 16.9 Å². The first-order valence-electron chi connectivity index (χ1n) is 4.14. The van der Waals surface area contributed by atoms with Crippen molar-refractivity contribution >= 4 is 0 Å². The van der Waals surface area contributed by atoms with E-state index in [-0.39, 0.29) is 11.5 Å². The Kier molecular flexibility index (Phi) is 2.15. The lowest BCUT2D eigenvalue weighted by Crippen LogP contribution is -2.48. The van der Waals surface area contributed by atoms with Gasteiger partial charge in [0.05, 0.1) is 5.82 Å². The summed E-state index contributed by atoms with van der Waals surface area (Å²) in [6.07, 6.45) is 1.88. The van der Waals surface area contributed by atoms with Gasteiger partial charge >= 0.3 is 0 Å². The van der Waals surface area contributed by atoms with Crippen molar-refractivity contribution in [3.63, 3.8) is 0 Å². The highest BCUT2D eigenvalue weighted by atomic mass is 15.1. The lowest BCUT2D eigenvalue weighted by atomic mass is 9.74. The third-order valence-electron chi connectivity index (χ3n) is 2.80. The highest BCUT2D eigenvalue weighted by molar-refractivity contribution is 5.33. The summed E-state index contributed by atoms with van der Waals surface area (Å²) in [6, 6.07) is 0.0469. The Morgan fingerprint density at radius 3 is 2.42 bits per heavy atom.